The molecule has 0 aliphatic heterocycles. The molecule has 1 aliphatic rings. The molecule has 0 spiro atoms. The van der Waals surface area contributed by atoms with Gasteiger partial charge in [0.1, 0.15) is 4.90 Å². The standard InChI is InChI=1S/C15H27N3O2S/c1-4-16-11-14-10-15(12-18(14)5-2)21(19,20)17(3)13-8-6-7-9-13/h10,12-13,16H,4-9,11H2,1-3H3. The Morgan fingerprint density at radius 1 is 1.33 bits per heavy atom. The van der Waals surface area contributed by atoms with E-state index >= 15 is 0 Å². The number of rotatable bonds is 7. The molecule has 0 aromatic carbocycles. The number of aryl methyl sites for hydroxylation is 1. The summed E-state index contributed by atoms with van der Waals surface area (Å²) in [6.07, 6.45) is 5.99. The van der Waals surface area contributed by atoms with Crippen LogP contribution in [0.1, 0.15) is 45.2 Å². The third kappa shape index (κ3) is 3.49. The highest BCUT2D eigenvalue weighted by molar-refractivity contribution is 7.89. The van der Waals surface area contributed by atoms with Crippen molar-refractivity contribution < 1.29 is 8.42 Å². The van der Waals surface area contributed by atoms with Crippen LogP contribution in [0.3, 0.4) is 0 Å². The summed E-state index contributed by atoms with van der Waals surface area (Å²) in [6.45, 7) is 6.44. The summed E-state index contributed by atoms with van der Waals surface area (Å²) < 4.78 is 29.1. The first-order chi connectivity index (χ1) is 10.0. The normalized spacial score (nSPS) is 17.0. The van der Waals surface area contributed by atoms with E-state index in [1.807, 2.05) is 24.5 Å². The average molecular weight is 313 g/mol. The first-order valence-electron chi connectivity index (χ1n) is 7.88. The van der Waals surface area contributed by atoms with Gasteiger partial charge in [0.15, 0.2) is 0 Å². The zero-order valence-corrected chi connectivity index (χ0v) is 14.1. The molecule has 0 bridgehead atoms. The van der Waals surface area contributed by atoms with Crippen LogP contribution in [0.2, 0.25) is 0 Å². The third-order valence-corrected chi connectivity index (χ3v) is 6.25. The lowest BCUT2D eigenvalue weighted by Crippen LogP contribution is -2.35. The predicted molar refractivity (Wildman–Crippen MR) is 84.7 cm³/mol. The van der Waals surface area contributed by atoms with Gasteiger partial charge in [0.2, 0.25) is 10.0 Å². The molecule has 1 fully saturated rings. The van der Waals surface area contributed by atoms with Gasteiger partial charge in [-0.05, 0) is 32.4 Å². The fourth-order valence-corrected chi connectivity index (χ4v) is 4.47. The van der Waals surface area contributed by atoms with E-state index in [2.05, 4.69) is 5.32 Å². The van der Waals surface area contributed by atoms with Crippen LogP contribution >= 0.6 is 0 Å². The minimum Gasteiger partial charge on any atom is -0.349 e. The van der Waals surface area contributed by atoms with Crippen LogP contribution in [0.4, 0.5) is 0 Å². The number of aromatic nitrogens is 1. The summed E-state index contributed by atoms with van der Waals surface area (Å²) in [4.78, 5) is 0.423. The van der Waals surface area contributed by atoms with E-state index in [0.29, 0.717) is 11.4 Å². The Morgan fingerprint density at radius 2 is 2.00 bits per heavy atom. The summed E-state index contributed by atoms with van der Waals surface area (Å²) in [5.41, 5.74) is 1.03. The van der Waals surface area contributed by atoms with E-state index in [4.69, 9.17) is 0 Å². The number of sulfonamides is 1. The summed E-state index contributed by atoms with van der Waals surface area (Å²) in [7, 11) is -1.65. The molecule has 1 aliphatic carbocycles. The van der Waals surface area contributed by atoms with Crippen molar-refractivity contribution in [2.45, 2.75) is 63.6 Å². The van der Waals surface area contributed by atoms with Gasteiger partial charge in [0.05, 0.1) is 0 Å². The molecule has 0 amide bonds. The molecular weight excluding hydrogens is 286 g/mol. The van der Waals surface area contributed by atoms with Gasteiger partial charge in [-0.1, -0.05) is 19.8 Å². The van der Waals surface area contributed by atoms with Crippen LogP contribution in [0.15, 0.2) is 17.2 Å². The fraction of sp³-hybridized carbons (Fsp3) is 0.733. The summed E-state index contributed by atoms with van der Waals surface area (Å²) in [5.74, 6) is 0. The van der Waals surface area contributed by atoms with Crippen LogP contribution in [0, 0.1) is 0 Å². The first-order valence-corrected chi connectivity index (χ1v) is 9.32. The van der Waals surface area contributed by atoms with Gasteiger partial charge in [-0.3, -0.25) is 0 Å². The zero-order valence-electron chi connectivity index (χ0n) is 13.3. The summed E-state index contributed by atoms with van der Waals surface area (Å²) >= 11 is 0. The van der Waals surface area contributed by atoms with Crippen molar-refractivity contribution in [2.75, 3.05) is 13.6 Å². The van der Waals surface area contributed by atoms with Crippen LogP contribution in [0.5, 0.6) is 0 Å². The van der Waals surface area contributed by atoms with Crippen molar-refractivity contribution in [3.63, 3.8) is 0 Å². The number of nitrogens with zero attached hydrogens (tertiary/aromatic N) is 2. The van der Waals surface area contributed by atoms with E-state index in [0.717, 1.165) is 44.5 Å². The van der Waals surface area contributed by atoms with Gasteiger partial charge in [-0.2, -0.15) is 4.31 Å². The average Bonchev–Trinajstić information content (AvgIpc) is 3.13. The van der Waals surface area contributed by atoms with E-state index in [1.54, 1.807) is 17.5 Å². The molecule has 6 heteroatoms. The molecule has 0 atom stereocenters. The van der Waals surface area contributed by atoms with E-state index in [-0.39, 0.29) is 6.04 Å². The lowest BCUT2D eigenvalue weighted by Gasteiger charge is -2.22. The Morgan fingerprint density at radius 3 is 2.57 bits per heavy atom. The monoisotopic (exact) mass is 313 g/mol. The second kappa shape index (κ2) is 6.94. The Balaban J connectivity index is 2.24. The van der Waals surface area contributed by atoms with Gasteiger partial charge in [-0.15, -0.1) is 0 Å². The fourth-order valence-electron chi connectivity index (χ4n) is 2.99. The van der Waals surface area contributed by atoms with Gasteiger partial charge in [0, 0.05) is 38.1 Å². The highest BCUT2D eigenvalue weighted by Gasteiger charge is 2.31. The molecule has 1 heterocycles. The predicted octanol–water partition coefficient (Wildman–Crippen LogP) is 2.18. The molecule has 1 aromatic rings. The second-order valence-electron chi connectivity index (χ2n) is 5.69. The van der Waals surface area contributed by atoms with Crippen molar-refractivity contribution in [1.29, 1.82) is 0 Å². The molecule has 21 heavy (non-hydrogen) atoms. The van der Waals surface area contributed by atoms with E-state index in [1.165, 1.54) is 0 Å². The van der Waals surface area contributed by atoms with Crippen molar-refractivity contribution in [3.05, 3.63) is 18.0 Å². The highest BCUT2D eigenvalue weighted by Crippen LogP contribution is 2.28. The molecule has 120 valence electrons. The summed E-state index contributed by atoms with van der Waals surface area (Å²) in [5, 5.41) is 3.26. The molecule has 0 unspecified atom stereocenters. The number of nitrogens with one attached hydrogen (secondary N) is 1. The molecule has 1 saturated carbocycles. The Labute approximate surface area is 128 Å². The quantitative estimate of drug-likeness (QED) is 0.839. The molecule has 0 radical (unpaired) electrons. The second-order valence-corrected chi connectivity index (χ2v) is 7.69. The third-order valence-electron chi connectivity index (χ3n) is 4.37. The highest BCUT2D eigenvalue weighted by atomic mass is 32.2. The molecule has 5 nitrogen and oxygen atoms in total. The van der Waals surface area contributed by atoms with Crippen LogP contribution < -0.4 is 5.32 Å². The maximum absolute atomic E-state index is 12.8. The zero-order chi connectivity index (χ0) is 15.5. The van der Waals surface area contributed by atoms with Crippen LogP contribution in [-0.4, -0.2) is 36.9 Å². The topological polar surface area (TPSA) is 54.3 Å². The minimum atomic E-state index is -3.37. The molecular formula is C15H27N3O2S. The molecule has 1 aromatic heterocycles. The molecule has 2 rings (SSSR count). The maximum Gasteiger partial charge on any atom is 0.244 e. The smallest absolute Gasteiger partial charge is 0.244 e. The SMILES string of the molecule is CCNCc1cc(S(=O)(=O)N(C)C2CCCC2)cn1CC. The number of hydrogen-bond acceptors (Lipinski definition) is 3. The van der Waals surface area contributed by atoms with Crippen molar-refractivity contribution in [3.8, 4) is 0 Å². The van der Waals surface area contributed by atoms with Gasteiger partial charge >= 0.3 is 0 Å². The van der Waals surface area contributed by atoms with Crippen molar-refractivity contribution in [2.24, 2.45) is 0 Å². The van der Waals surface area contributed by atoms with Crippen molar-refractivity contribution >= 4 is 10.0 Å². The lowest BCUT2D eigenvalue weighted by molar-refractivity contribution is 0.373. The Bertz CT molecular complexity index is 559. The first kappa shape index (κ1) is 16.5. The lowest BCUT2D eigenvalue weighted by atomic mass is 10.3. The Hall–Kier alpha value is -0.850. The van der Waals surface area contributed by atoms with Crippen molar-refractivity contribution in [1.82, 2.24) is 14.2 Å². The van der Waals surface area contributed by atoms with Gasteiger partial charge in [0.25, 0.3) is 0 Å². The van der Waals surface area contributed by atoms with Gasteiger partial charge in [-0.25, -0.2) is 8.42 Å². The number of hydrogen-bond donors (Lipinski definition) is 1. The maximum atomic E-state index is 12.8. The van der Waals surface area contributed by atoms with Gasteiger partial charge < -0.3 is 9.88 Å². The Kier molecular flexibility index (Phi) is 5.46. The van der Waals surface area contributed by atoms with E-state index in [9.17, 15) is 8.42 Å². The van der Waals surface area contributed by atoms with E-state index < -0.39 is 10.0 Å². The van der Waals surface area contributed by atoms with Crippen LogP contribution in [0.25, 0.3) is 0 Å². The largest absolute Gasteiger partial charge is 0.349 e. The molecule has 1 N–H and O–H groups in total. The minimum absolute atomic E-state index is 0.164. The summed E-state index contributed by atoms with van der Waals surface area (Å²) in [6, 6.07) is 1.98. The van der Waals surface area contributed by atoms with Crippen LogP contribution in [-0.2, 0) is 23.1 Å². The molecule has 0 saturated heterocycles.